The Labute approximate surface area is 158 Å². The van der Waals surface area contributed by atoms with Gasteiger partial charge < -0.3 is 4.90 Å². The van der Waals surface area contributed by atoms with Crippen LogP contribution in [0.25, 0.3) is 0 Å². The van der Waals surface area contributed by atoms with Crippen molar-refractivity contribution < 1.29 is 0 Å². The summed E-state index contributed by atoms with van der Waals surface area (Å²) in [7, 11) is 4.70. The molecule has 0 saturated carbocycles. The van der Waals surface area contributed by atoms with Gasteiger partial charge in [-0.1, -0.05) is 20.8 Å². The van der Waals surface area contributed by atoms with E-state index in [1.54, 1.807) is 0 Å². The fourth-order valence-corrected chi connectivity index (χ4v) is 5.86. The highest BCUT2D eigenvalue weighted by Gasteiger charge is 2.45. The van der Waals surface area contributed by atoms with Gasteiger partial charge in [0.1, 0.15) is 0 Å². The second-order valence-electron chi connectivity index (χ2n) is 11.2. The molecule has 0 bridgehead atoms. The lowest BCUT2D eigenvalue weighted by Crippen LogP contribution is -2.59. The topological polar surface area (TPSA) is 6.48 Å². The Bertz CT molecular complexity index is 421. The molecular formula is C23H46N2. The number of piperidine rings is 2. The van der Waals surface area contributed by atoms with Gasteiger partial charge in [-0.3, -0.25) is 4.90 Å². The molecule has 0 amide bonds. The van der Waals surface area contributed by atoms with Crippen LogP contribution in [0.4, 0.5) is 0 Å². The predicted octanol–water partition coefficient (Wildman–Crippen LogP) is 5.67. The highest BCUT2D eigenvalue weighted by Crippen LogP contribution is 2.45. The first-order chi connectivity index (χ1) is 11.3. The molecule has 0 radical (unpaired) electrons. The fourth-order valence-electron chi connectivity index (χ4n) is 5.86. The van der Waals surface area contributed by atoms with E-state index < -0.39 is 0 Å². The van der Waals surface area contributed by atoms with Crippen LogP contribution in [0.3, 0.4) is 0 Å². The summed E-state index contributed by atoms with van der Waals surface area (Å²) in [6, 6.07) is 1.51. The molecule has 0 aromatic rings. The van der Waals surface area contributed by atoms with Crippen molar-refractivity contribution in [3.63, 3.8) is 0 Å². The maximum absolute atomic E-state index is 2.70. The lowest BCUT2D eigenvalue weighted by atomic mass is 9.68. The Balaban J connectivity index is 2.06. The summed E-state index contributed by atoms with van der Waals surface area (Å²) >= 11 is 0. The molecule has 2 fully saturated rings. The number of likely N-dealkylation sites (tertiary alicyclic amines) is 2. The molecule has 0 aliphatic carbocycles. The Morgan fingerprint density at radius 1 is 0.880 bits per heavy atom. The second kappa shape index (κ2) is 7.50. The van der Waals surface area contributed by atoms with Crippen molar-refractivity contribution in [2.24, 2.45) is 23.7 Å². The minimum absolute atomic E-state index is 0.312. The van der Waals surface area contributed by atoms with E-state index >= 15 is 0 Å². The van der Waals surface area contributed by atoms with Gasteiger partial charge in [0.2, 0.25) is 0 Å². The van der Waals surface area contributed by atoms with Crippen molar-refractivity contribution in [3.05, 3.63) is 0 Å². The van der Waals surface area contributed by atoms with Crippen molar-refractivity contribution in [1.82, 2.24) is 9.80 Å². The van der Waals surface area contributed by atoms with Crippen LogP contribution in [0.1, 0.15) is 87.5 Å². The molecule has 0 spiro atoms. The molecule has 4 unspecified atom stereocenters. The van der Waals surface area contributed by atoms with Gasteiger partial charge in [0.05, 0.1) is 0 Å². The first-order valence-corrected chi connectivity index (χ1v) is 10.8. The Kier molecular flexibility index (Phi) is 6.37. The molecule has 2 aliphatic rings. The molecule has 0 N–H and O–H groups in total. The summed E-state index contributed by atoms with van der Waals surface area (Å²) in [5.74, 6) is 3.41. The zero-order chi connectivity index (χ0) is 19.2. The molecule has 0 aromatic heterocycles. The zero-order valence-corrected chi connectivity index (χ0v) is 18.9. The van der Waals surface area contributed by atoms with Gasteiger partial charge in [-0.2, -0.15) is 0 Å². The molecule has 2 aliphatic heterocycles. The van der Waals surface area contributed by atoms with E-state index in [9.17, 15) is 0 Å². The van der Waals surface area contributed by atoms with Gasteiger partial charge in [-0.15, -0.1) is 0 Å². The van der Waals surface area contributed by atoms with Crippen molar-refractivity contribution in [2.45, 2.75) is 111 Å². The molecule has 2 heterocycles. The monoisotopic (exact) mass is 350 g/mol. The Morgan fingerprint density at radius 3 is 1.88 bits per heavy atom. The lowest BCUT2D eigenvalue weighted by molar-refractivity contribution is -0.0482. The fraction of sp³-hybridized carbons (Fsp3) is 1.00. The summed E-state index contributed by atoms with van der Waals surface area (Å²) < 4.78 is 0. The third-order valence-electron chi connectivity index (χ3n) is 8.22. The predicted molar refractivity (Wildman–Crippen MR) is 111 cm³/mol. The van der Waals surface area contributed by atoms with Crippen LogP contribution >= 0.6 is 0 Å². The Morgan fingerprint density at radius 2 is 1.40 bits per heavy atom. The number of hydrogen-bond acceptors (Lipinski definition) is 2. The van der Waals surface area contributed by atoms with Crippen molar-refractivity contribution in [2.75, 3.05) is 14.1 Å². The average Bonchev–Trinajstić information content (AvgIpc) is 2.48. The third kappa shape index (κ3) is 4.61. The van der Waals surface area contributed by atoms with Crippen LogP contribution in [-0.4, -0.2) is 47.1 Å². The SMILES string of the molecule is CC(C)C1CC(C)N(C)C(CC(C)C2CC(C)(C)N(C)C(C)(C)C2)C1. The van der Waals surface area contributed by atoms with Gasteiger partial charge >= 0.3 is 0 Å². The third-order valence-corrected chi connectivity index (χ3v) is 8.22. The van der Waals surface area contributed by atoms with Gasteiger partial charge in [0.15, 0.2) is 0 Å². The van der Waals surface area contributed by atoms with Crippen molar-refractivity contribution in [3.8, 4) is 0 Å². The Hall–Kier alpha value is -0.0800. The van der Waals surface area contributed by atoms with Crippen LogP contribution in [0.2, 0.25) is 0 Å². The normalized spacial score (nSPS) is 35.9. The van der Waals surface area contributed by atoms with E-state index in [-0.39, 0.29) is 0 Å². The smallest absolute Gasteiger partial charge is 0.0158 e. The number of hydrogen-bond donors (Lipinski definition) is 0. The lowest BCUT2D eigenvalue weighted by Gasteiger charge is -2.55. The highest BCUT2D eigenvalue weighted by atomic mass is 15.2. The zero-order valence-electron chi connectivity index (χ0n) is 18.9. The van der Waals surface area contributed by atoms with Crippen molar-refractivity contribution in [1.29, 1.82) is 0 Å². The number of nitrogens with zero attached hydrogens (tertiary/aromatic N) is 2. The summed E-state index contributed by atoms with van der Waals surface area (Å²) in [5.41, 5.74) is 0.625. The maximum Gasteiger partial charge on any atom is 0.0158 e. The van der Waals surface area contributed by atoms with Gasteiger partial charge in [0, 0.05) is 23.2 Å². The van der Waals surface area contributed by atoms with Crippen LogP contribution in [0.5, 0.6) is 0 Å². The van der Waals surface area contributed by atoms with Crippen LogP contribution in [0.15, 0.2) is 0 Å². The van der Waals surface area contributed by atoms with Crippen LogP contribution in [-0.2, 0) is 0 Å². The second-order valence-corrected chi connectivity index (χ2v) is 11.2. The van der Waals surface area contributed by atoms with E-state index in [0.29, 0.717) is 11.1 Å². The average molecular weight is 351 g/mol. The molecule has 2 rings (SSSR count). The summed E-state index contributed by atoms with van der Waals surface area (Å²) in [6.07, 6.45) is 6.85. The van der Waals surface area contributed by atoms with E-state index in [1.807, 2.05) is 0 Å². The molecule has 2 saturated heterocycles. The van der Waals surface area contributed by atoms with Gasteiger partial charge in [-0.05, 0) is 104 Å². The van der Waals surface area contributed by atoms with Gasteiger partial charge in [-0.25, -0.2) is 0 Å². The number of rotatable bonds is 4. The molecule has 4 atom stereocenters. The molecule has 148 valence electrons. The first-order valence-electron chi connectivity index (χ1n) is 10.8. The van der Waals surface area contributed by atoms with E-state index in [2.05, 4.69) is 79.3 Å². The van der Waals surface area contributed by atoms with Crippen LogP contribution in [0, 0.1) is 23.7 Å². The van der Waals surface area contributed by atoms with E-state index in [1.165, 1.54) is 32.1 Å². The highest BCUT2D eigenvalue weighted by molar-refractivity contribution is 5.00. The molecule has 2 heteroatoms. The maximum atomic E-state index is 2.70. The van der Waals surface area contributed by atoms with Crippen molar-refractivity contribution >= 4 is 0 Å². The summed E-state index contributed by atoms with van der Waals surface area (Å²) in [4.78, 5) is 5.31. The van der Waals surface area contributed by atoms with E-state index in [0.717, 1.165) is 35.8 Å². The quantitative estimate of drug-likeness (QED) is 0.645. The standard InChI is InChI=1S/C23H46N2/c1-16(2)19-12-18(4)24(9)21(13-19)11-17(3)20-14-22(5,6)25(10)23(7,8)15-20/h16-21H,11-15H2,1-10H3. The van der Waals surface area contributed by atoms with Gasteiger partial charge in [0.25, 0.3) is 0 Å². The largest absolute Gasteiger partial charge is 0.301 e. The minimum atomic E-state index is 0.312. The van der Waals surface area contributed by atoms with Crippen LogP contribution < -0.4 is 0 Å². The molecular weight excluding hydrogens is 304 g/mol. The summed E-state index contributed by atoms with van der Waals surface area (Å²) in [5, 5.41) is 0. The first kappa shape index (κ1) is 21.2. The molecule has 2 nitrogen and oxygen atoms in total. The molecule has 25 heavy (non-hydrogen) atoms. The molecule has 0 aromatic carbocycles. The summed E-state index contributed by atoms with van der Waals surface area (Å²) in [6.45, 7) is 19.6. The van der Waals surface area contributed by atoms with E-state index in [4.69, 9.17) is 0 Å². The minimum Gasteiger partial charge on any atom is -0.301 e.